The van der Waals surface area contributed by atoms with Crippen molar-refractivity contribution in [3.8, 4) is 11.3 Å². The lowest BCUT2D eigenvalue weighted by Gasteiger charge is -2.46. The molecular formula is C31H35F3N8O. The van der Waals surface area contributed by atoms with Crippen LogP contribution in [0.2, 0.25) is 0 Å². The number of rotatable bonds is 6. The molecule has 6 rings (SSSR count). The second kappa shape index (κ2) is 11.1. The van der Waals surface area contributed by atoms with Crippen molar-refractivity contribution in [2.45, 2.75) is 57.3 Å². The van der Waals surface area contributed by atoms with Gasteiger partial charge >= 0.3 is 0 Å². The van der Waals surface area contributed by atoms with E-state index in [-0.39, 0.29) is 53.6 Å². The number of aromatic nitrogens is 4. The summed E-state index contributed by atoms with van der Waals surface area (Å²) in [5.41, 5.74) is 6.71. The smallest absolute Gasteiger partial charge is 0.229 e. The number of anilines is 3. The average Bonchev–Trinajstić information content (AvgIpc) is 3.59. The lowest BCUT2D eigenvalue weighted by molar-refractivity contribution is -0.131. The highest BCUT2D eigenvalue weighted by atomic mass is 19.1. The Morgan fingerprint density at radius 1 is 1.12 bits per heavy atom. The van der Waals surface area contributed by atoms with Crippen molar-refractivity contribution in [1.82, 2.24) is 24.5 Å². The Labute approximate surface area is 247 Å². The van der Waals surface area contributed by atoms with E-state index in [9.17, 15) is 4.79 Å². The first kappa shape index (κ1) is 28.9. The zero-order valence-electron chi connectivity index (χ0n) is 24.4. The van der Waals surface area contributed by atoms with Gasteiger partial charge in [0.2, 0.25) is 11.9 Å². The van der Waals surface area contributed by atoms with Crippen LogP contribution in [0.15, 0.2) is 48.9 Å². The summed E-state index contributed by atoms with van der Waals surface area (Å²) in [5.74, 6) is -1.33. The highest BCUT2D eigenvalue weighted by Gasteiger charge is 2.38. The quantitative estimate of drug-likeness (QED) is 0.318. The van der Waals surface area contributed by atoms with Crippen LogP contribution in [0, 0.1) is 17.6 Å². The fourth-order valence-electron chi connectivity index (χ4n) is 6.67. The van der Waals surface area contributed by atoms with Gasteiger partial charge in [0.05, 0.1) is 46.6 Å². The van der Waals surface area contributed by atoms with Crippen LogP contribution in [-0.2, 0) is 10.5 Å². The van der Waals surface area contributed by atoms with Crippen molar-refractivity contribution in [1.29, 1.82) is 0 Å². The van der Waals surface area contributed by atoms with Crippen LogP contribution in [0.3, 0.4) is 0 Å². The molecule has 9 nitrogen and oxygen atoms in total. The number of fused-ring (bicyclic) bond motifs is 1. The van der Waals surface area contributed by atoms with Gasteiger partial charge in [0, 0.05) is 39.3 Å². The third kappa shape index (κ3) is 5.28. The number of carbonyl (C=O) groups is 1. The number of piperidine rings is 1. The number of carbonyl (C=O) groups excluding carboxylic acids is 1. The summed E-state index contributed by atoms with van der Waals surface area (Å²) in [4.78, 5) is 24.6. The highest BCUT2D eigenvalue weighted by molar-refractivity contribution is 5.75. The number of likely N-dealkylation sites (N-methyl/N-ethyl adjacent to an activating group) is 1. The van der Waals surface area contributed by atoms with E-state index in [2.05, 4.69) is 32.2 Å². The Balaban J connectivity index is 1.30. The van der Waals surface area contributed by atoms with E-state index in [4.69, 9.17) is 5.73 Å². The molecule has 4 aromatic rings. The van der Waals surface area contributed by atoms with Crippen LogP contribution < -0.4 is 16.0 Å². The Kier molecular flexibility index (Phi) is 7.49. The molecule has 1 amide bonds. The number of pyridine rings is 1. The fourth-order valence-corrected chi connectivity index (χ4v) is 6.67. The summed E-state index contributed by atoms with van der Waals surface area (Å²) in [6.45, 7) is 4.79. The van der Waals surface area contributed by atoms with Crippen LogP contribution in [0.25, 0.3) is 16.8 Å². The third-order valence-corrected chi connectivity index (χ3v) is 8.89. The van der Waals surface area contributed by atoms with Gasteiger partial charge in [-0.25, -0.2) is 18.2 Å². The van der Waals surface area contributed by atoms with E-state index in [1.54, 1.807) is 43.5 Å². The SMILES string of the molecule is CC(=O)N(C)[C@@H]1[C@H](N)CN(c2ccncc2Nc2ncc3ccc(-c4c(F)cc(C5(F)CCCC5)cc4F)nn23)C[C@@H]1C. The lowest BCUT2D eigenvalue weighted by Crippen LogP contribution is -2.62. The Hall–Kier alpha value is -4.19. The molecule has 226 valence electrons. The van der Waals surface area contributed by atoms with Crippen LogP contribution in [-0.4, -0.2) is 62.6 Å². The van der Waals surface area contributed by atoms with E-state index in [1.807, 2.05) is 6.07 Å². The van der Waals surface area contributed by atoms with Gasteiger partial charge in [-0.3, -0.25) is 9.78 Å². The maximum Gasteiger partial charge on any atom is 0.229 e. The minimum atomic E-state index is -1.71. The van der Waals surface area contributed by atoms with Crippen molar-refractivity contribution in [3.63, 3.8) is 0 Å². The maximum absolute atomic E-state index is 15.3. The standard InChI is InChI=1S/C31H35F3N8O/c1-18-16-41(17-24(35)29(18)40(3)19(2)43)27-8-11-36-15-26(27)38-30-37-14-21-6-7-25(39-42(21)30)28-22(32)12-20(13-23(28)33)31(34)9-4-5-10-31/h6-8,11-15,18,24,29H,4-5,9-10,16-17,35H2,1-3H3,(H,37,38)/t18-,24+,29-/m0/s1. The zero-order chi connectivity index (χ0) is 30.5. The van der Waals surface area contributed by atoms with Gasteiger partial charge in [0.1, 0.15) is 17.3 Å². The molecule has 3 atom stereocenters. The van der Waals surface area contributed by atoms with Crippen molar-refractivity contribution in [3.05, 3.63) is 66.1 Å². The van der Waals surface area contributed by atoms with Gasteiger partial charge in [-0.05, 0) is 67.5 Å². The van der Waals surface area contributed by atoms with Crippen LogP contribution in [0.1, 0.15) is 45.1 Å². The number of benzene rings is 1. The van der Waals surface area contributed by atoms with Crippen molar-refractivity contribution >= 4 is 28.7 Å². The molecule has 1 aromatic carbocycles. The van der Waals surface area contributed by atoms with E-state index in [0.29, 0.717) is 43.1 Å². The molecule has 0 bridgehead atoms. The minimum absolute atomic E-state index is 0.0269. The number of imidazole rings is 1. The molecule has 1 saturated carbocycles. The average molecular weight is 593 g/mol. The first-order valence-electron chi connectivity index (χ1n) is 14.5. The van der Waals surface area contributed by atoms with Crippen molar-refractivity contribution in [2.75, 3.05) is 30.4 Å². The first-order valence-corrected chi connectivity index (χ1v) is 14.5. The number of nitrogens with two attached hydrogens (primary N) is 1. The predicted octanol–water partition coefficient (Wildman–Crippen LogP) is 5.18. The monoisotopic (exact) mass is 592 g/mol. The molecule has 4 heterocycles. The normalized spacial score (nSPS) is 21.7. The highest BCUT2D eigenvalue weighted by Crippen LogP contribution is 2.44. The number of alkyl halides is 1. The van der Waals surface area contributed by atoms with Gasteiger partial charge in [0.25, 0.3) is 0 Å². The topological polar surface area (TPSA) is 105 Å². The first-order chi connectivity index (χ1) is 20.6. The number of hydrogen-bond donors (Lipinski definition) is 2. The van der Waals surface area contributed by atoms with E-state index in [1.165, 1.54) is 10.6 Å². The number of nitrogens with zero attached hydrogens (tertiary/aromatic N) is 6. The van der Waals surface area contributed by atoms with Crippen molar-refractivity contribution < 1.29 is 18.0 Å². The molecule has 2 aliphatic rings. The second-order valence-corrected chi connectivity index (χ2v) is 11.8. The summed E-state index contributed by atoms with van der Waals surface area (Å²) in [7, 11) is 1.78. The van der Waals surface area contributed by atoms with Gasteiger partial charge in [-0.1, -0.05) is 6.92 Å². The summed E-state index contributed by atoms with van der Waals surface area (Å²) in [6.07, 6.45) is 6.85. The zero-order valence-corrected chi connectivity index (χ0v) is 24.4. The number of amides is 1. The summed E-state index contributed by atoms with van der Waals surface area (Å²) < 4.78 is 47.3. The second-order valence-electron chi connectivity index (χ2n) is 11.8. The lowest BCUT2D eigenvalue weighted by atomic mass is 9.88. The third-order valence-electron chi connectivity index (χ3n) is 8.89. The molecule has 3 aromatic heterocycles. The van der Waals surface area contributed by atoms with Crippen molar-refractivity contribution in [2.24, 2.45) is 11.7 Å². The van der Waals surface area contributed by atoms with Gasteiger partial charge in [0.15, 0.2) is 0 Å². The van der Waals surface area contributed by atoms with E-state index in [0.717, 1.165) is 17.8 Å². The number of nitrogens with one attached hydrogen (secondary N) is 1. The molecule has 2 fully saturated rings. The van der Waals surface area contributed by atoms with Gasteiger partial charge in [-0.15, -0.1) is 0 Å². The molecule has 1 saturated heterocycles. The molecule has 0 radical (unpaired) electrons. The Bertz CT molecular complexity index is 1640. The minimum Gasteiger partial charge on any atom is -0.368 e. The Morgan fingerprint density at radius 3 is 2.51 bits per heavy atom. The van der Waals surface area contributed by atoms with Gasteiger partial charge < -0.3 is 20.9 Å². The molecule has 1 aliphatic heterocycles. The van der Waals surface area contributed by atoms with E-state index < -0.39 is 17.3 Å². The summed E-state index contributed by atoms with van der Waals surface area (Å²) >= 11 is 0. The molecular weight excluding hydrogens is 557 g/mol. The Morgan fingerprint density at radius 2 is 1.84 bits per heavy atom. The molecule has 0 unspecified atom stereocenters. The molecule has 12 heteroatoms. The summed E-state index contributed by atoms with van der Waals surface area (Å²) in [6, 6.07) is 6.88. The molecule has 43 heavy (non-hydrogen) atoms. The molecule has 1 aliphatic carbocycles. The van der Waals surface area contributed by atoms with E-state index >= 15 is 13.2 Å². The van der Waals surface area contributed by atoms with Crippen LogP contribution >= 0.6 is 0 Å². The number of halogens is 3. The fraction of sp³-hybridized carbons (Fsp3) is 0.419. The largest absolute Gasteiger partial charge is 0.368 e. The summed E-state index contributed by atoms with van der Waals surface area (Å²) in [5, 5.41) is 7.78. The van der Waals surface area contributed by atoms with Gasteiger partial charge in [-0.2, -0.15) is 9.61 Å². The molecule has 0 spiro atoms. The maximum atomic E-state index is 15.3. The van der Waals surface area contributed by atoms with Crippen LogP contribution in [0.5, 0.6) is 0 Å². The molecule has 3 N–H and O–H groups in total. The van der Waals surface area contributed by atoms with Crippen LogP contribution in [0.4, 0.5) is 30.5 Å². The predicted molar refractivity (Wildman–Crippen MR) is 159 cm³/mol. The number of hydrogen-bond acceptors (Lipinski definition) is 7.